The van der Waals surface area contributed by atoms with Gasteiger partial charge in [-0.05, 0) is 37.1 Å². The van der Waals surface area contributed by atoms with E-state index in [4.69, 9.17) is 10.2 Å². The molecule has 0 bridgehead atoms. The Morgan fingerprint density at radius 1 is 1.22 bits per heavy atom. The number of carbonyl (C=O) groups excluding carboxylic acids is 1. The molecule has 11 heteroatoms. The number of nitrogens with one attached hydrogen (secondary N) is 1. The Morgan fingerprint density at radius 3 is 2.75 bits per heavy atom. The first-order valence-corrected chi connectivity index (χ1v) is 10.4. The van der Waals surface area contributed by atoms with E-state index in [0.717, 1.165) is 18.6 Å². The van der Waals surface area contributed by atoms with Crippen LogP contribution in [0.15, 0.2) is 36.7 Å². The first kappa shape index (κ1) is 21.9. The second-order valence-electron chi connectivity index (χ2n) is 7.49. The van der Waals surface area contributed by atoms with Crippen molar-refractivity contribution in [3.8, 4) is 0 Å². The first-order valence-electron chi connectivity index (χ1n) is 10.4. The van der Waals surface area contributed by atoms with Crippen molar-refractivity contribution in [2.75, 3.05) is 43.1 Å². The van der Waals surface area contributed by atoms with Gasteiger partial charge >= 0.3 is 6.03 Å². The number of fused-ring (bicyclic) bond motifs is 1. The van der Waals surface area contributed by atoms with Gasteiger partial charge in [0, 0.05) is 31.4 Å². The van der Waals surface area contributed by atoms with Crippen LogP contribution in [0, 0.1) is 11.6 Å². The molecule has 0 saturated carbocycles. The van der Waals surface area contributed by atoms with Gasteiger partial charge in [-0.1, -0.05) is 0 Å². The van der Waals surface area contributed by atoms with Crippen LogP contribution in [0.4, 0.5) is 25.1 Å². The zero-order chi connectivity index (χ0) is 22.7. The standard InChI is InChI=1S/C21H24F2N6O3/c22-14-3-4-16(23)15(12-14)18-2-1-6-28(18)19-5-7-29-20(26-19)17(13-24-29)25-21(32)27(8-10-30)9-11-31/h3-5,7,12-13,18,30-31H,1-2,6,8-11H2,(H,25,32)/t18-/m1/s1. The van der Waals surface area contributed by atoms with E-state index in [1.54, 1.807) is 12.3 Å². The third-order valence-corrected chi connectivity index (χ3v) is 5.49. The van der Waals surface area contributed by atoms with Crippen LogP contribution in [0.5, 0.6) is 0 Å². The van der Waals surface area contributed by atoms with Gasteiger partial charge in [0.15, 0.2) is 5.65 Å². The molecule has 2 amide bonds. The van der Waals surface area contributed by atoms with Crippen molar-refractivity contribution in [1.29, 1.82) is 0 Å². The van der Waals surface area contributed by atoms with Crippen molar-refractivity contribution >= 4 is 23.2 Å². The summed E-state index contributed by atoms with van der Waals surface area (Å²) < 4.78 is 29.7. The van der Waals surface area contributed by atoms with Crippen LogP contribution in [0.2, 0.25) is 0 Å². The highest BCUT2D eigenvalue weighted by molar-refractivity contribution is 5.93. The summed E-state index contributed by atoms with van der Waals surface area (Å²) in [5, 5.41) is 25.2. The fraction of sp³-hybridized carbons (Fsp3) is 0.381. The van der Waals surface area contributed by atoms with Crippen LogP contribution in [0.3, 0.4) is 0 Å². The number of carbonyl (C=O) groups is 1. The summed E-state index contributed by atoms with van der Waals surface area (Å²) >= 11 is 0. The topological polar surface area (TPSA) is 106 Å². The maximum atomic E-state index is 14.4. The molecule has 32 heavy (non-hydrogen) atoms. The minimum atomic E-state index is -0.504. The summed E-state index contributed by atoms with van der Waals surface area (Å²) in [5.41, 5.74) is 1.02. The molecule has 3 N–H and O–H groups in total. The molecule has 1 aliphatic rings. The van der Waals surface area contributed by atoms with Crippen LogP contribution in [-0.4, -0.2) is 68.6 Å². The van der Waals surface area contributed by atoms with Gasteiger partial charge in [0.25, 0.3) is 0 Å². The van der Waals surface area contributed by atoms with Crippen LogP contribution >= 0.6 is 0 Å². The Hall–Kier alpha value is -3.31. The van der Waals surface area contributed by atoms with Gasteiger partial charge in [-0.2, -0.15) is 5.10 Å². The summed E-state index contributed by atoms with van der Waals surface area (Å²) in [6.07, 6.45) is 4.60. The largest absolute Gasteiger partial charge is 0.395 e. The molecule has 1 aliphatic heterocycles. The van der Waals surface area contributed by atoms with Gasteiger partial charge in [0.1, 0.15) is 23.1 Å². The van der Waals surface area contributed by atoms with Crippen LogP contribution < -0.4 is 10.2 Å². The molecule has 1 fully saturated rings. The van der Waals surface area contributed by atoms with Gasteiger partial charge in [-0.3, -0.25) is 0 Å². The lowest BCUT2D eigenvalue weighted by atomic mass is 10.0. The van der Waals surface area contributed by atoms with E-state index in [1.807, 2.05) is 4.90 Å². The highest BCUT2D eigenvalue weighted by Gasteiger charge is 2.30. The maximum absolute atomic E-state index is 14.4. The lowest BCUT2D eigenvalue weighted by Crippen LogP contribution is -2.38. The predicted molar refractivity (Wildman–Crippen MR) is 113 cm³/mol. The Labute approximate surface area is 182 Å². The SMILES string of the molecule is O=C(Nc1cnn2ccc(N3CCC[C@@H]3c3cc(F)ccc3F)nc12)N(CCO)CCO. The molecule has 2 aromatic heterocycles. The van der Waals surface area contributed by atoms with E-state index in [1.165, 1.54) is 21.7 Å². The monoisotopic (exact) mass is 446 g/mol. The van der Waals surface area contributed by atoms with E-state index in [2.05, 4.69) is 15.4 Å². The van der Waals surface area contributed by atoms with Crippen LogP contribution in [0.1, 0.15) is 24.4 Å². The number of aliphatic hydroxyl groups is 2. The number of aliphatic hydroxyl groups excluding tert-OH is 2. The van der Waals surface area contributed by atoms with Crippen molar-refractivity contribution in [1.82, 2.24) is 19.5 Å². The molecule has 0 unspecified atom stereocenters. The Balaban J connectivity index is 1.62. The van der Waals surface area contributed by atoms with E-state index in [9.17, 15) is 13.6 Å². The zero-order valence-corrected chi connectivity index (χ0v) is 17.3. The quantitative estimate of drug-likeness (QED) is 0.514. The van der Waals surface area contributed by atoms with E-state index in [0.29, 0.717) is 30.1 Å². The third-order valence-electron chi connectivity index (χ3n) is 5.49. The van der Waals surface area contributed by atoms with E-state index >= 15 is 0 Å². The summed E-state index contributed by atoms with van der Waals surface area (Å²) in [5.74, 6) is -0.399. The van der Waals surface area contributed by atoms with Crippen LogP contribution in [-0.2, 0) is 0 Å². The number of rotatable bonds is 7. The van der Waals surface area contributed by atoms with Gasteiger partial charge < -0.3 is 25.3 Å². The summed E-state index contributed by atoms with van der Waals surface area (Å²) in [6, 6.07) is 4.33. The molecule has 1 atom stereocenters. The highest BCUT2D eigenvalue weighted by Crippen LogP contribution is 2.37. The molecule has 170 valence electrons. The number of aromatic nitrogens is 3. The van der Waals surface area contributed by atoms with Crippen molar-refractivity contribution in [2.45, 2.75) is 18.9 Å². The molecule has 0 radical (unpaired) electrons. The van der Waals surface area contributed by atoms with Crippen molar-refractivity contribution < 1.29 is 23.8 Å². The number of halogens is 2. The molecule has 3 heterocycles. The highest BCUT2D eigenvalue weighted by atomic mass is 19.1. The van der Waals surface area contributed by atoms with Gasteiger partial charge in [0.2, 0.25) is 0 Å². The van der Waals surface area contributed by atoms with Gasteiger partial charge in [0.05, 0.1) is 25.5 Å². The fourth-order valence-corrected chi connectivity index (χ4v) is 3.99. The molecular formula is C21H24F2N6O3. The van der Waals surface area contributed by atoms with Gasteiger partial charge in [-0.15, -0.1) is 0 Å². The molecule has 4 rings (SSSR count). The minimum absolute atomic E-state index is 0.0684. The minimum Gasteiger partial charge on any atom is -0.395 e. The number of amides is 2. The fourth-order valence-electron chi connectivity index (χ4n) is 3.99. The smallest absolute Gasteiger partial charge is 0.322 e. The zero-order valence-electron chi connectivity index (χ0n) is 17.3. The van der Waals surface area contributed by atoms with Crippen LogP contribution in [0.25, 0.3) is 5.65 Å². The number of urea groups is 1. The summed E-state index contributed by atoms with van der Waals surface area (Å²) in [6.45, 7) is 0.285. The molecular weight excluding hydrogens is 422 g/mol. The van der Waals surface area contributed by atoms with Crippen molar-refractivity contribution in [3.63, 3.8) is 0 Å². The molecule has 0 spiro atoms. The summed E-state index contributed by atoms with van der Waals surface area (Å²) in [4.78, 5) is 20.3. The number of anilines is 2. The lowest BCUT2D eigenvalue weighted by Gasteiger charge is -2.26. The Morgan fingerprint density at radius 2 is 2.00 bits per heavy atom. The molecule has 0 aliphatic carbocycles. The predicted octanol–water partition coefficient (Wildman–Crippen LogP) is 2.17. The second-order valence-corrected chi connectivity index (χ2v) is 7.49. The maximum Gasteiger partial charge on any atom is 0.322 e. The average molecular weight is 446 g/mol. The normalized spacial score (nSPS) is 16.0. The molecule has 1 saturated heterocycles. The lowest BCUT2D eigenvalue weighted by molar-refractivity contribution is 0.168. The number of nitrogens with zero attached hydrogens (tertiary/aromatic N) is 5. The third kappa shape index (κ3) is 4.34. The van der Waals surface area contributed by atoms with Crippen molar-refractivity contribution in [2.24, 2.45) is 0 Å². The Bertz CT molecular complexity index is 1100. The van der Waals surface area contributed by atoms with Crippen molar-refractivity contribution in [3.05, 3.63) is 53.9 Å². The number of hydrogen-bond donors (Lipinski definition) is 3. The molecule has 9 nitrogen and oxygen atoms in total. The number of hydrogen-bond acceptors (Lipinski definition) is 6. The molecule has 1 aromatic carbocycles. The van der Waals surface area contributed by atoms with Gasteiger partial charge in [-0.25, -0.2) is 23.1 Å². The van der Waals surface area contributed by atoms with E-state index in [-0.39, 0.29) is 37.9 Å². The first-order chi connectivity index (χ1) is 15.5. The number of benzene rings is 1. The average Bonchev–Trinajstić information content (AvgIpc) is 3.42. The van der Waals surface area contributed by atoms with E-state index < -0.39 is 17.7 Å². The molecule has 3 aromatic rings. The second kappa shape index (κ2) is 9.45. The Kier molecular flexibility index (Phi) is 6.47. The summed E-state index contributed by atoms with van der Waals surface area (Å²) in [7, 11) is 0.